The molecule has 0 N–H and O–H groups in total. The van der Waals surface area contributed by atoms with Crippen LogP contribution in [0, 0.1) is 11.7 Å². The van der Waals surface area contributed by atoms with Crippen molar-refractivity contribution in [3.63, 3.8) is 0 Å². The van der Waals surface area contributed by atoms with Crippen LogP contribution in [0.3, 0.4) is 0 Å². The Labute approximate surface area is 154 Å². The highest BCUT2D eigenvalue weighted by molar-refractivity contribution is 5.90. The summed E-state index contributed by atoms with van der Waals surface area (Å²) in [4.78, 5) is 31.2. The molecule has 2 saturated heterocycles. The Bertz CT molecular complexity index is 693. The molecule has 2 heterocycles. The average molecular weight is 359 g/mol. The molecule has 140 valence electrons. The maximum atomic E-state index is 13.7. The van der Waals surface area contributed by atoms with Gasteiger partial charge in [0.05, 0.1) is 12.0 Å². The lowest BCUT2D eigenvalue weighted by molar-refractivity contribution is -0.136. The van der Waals surface area contributed by atoms with Gasteiger partial charge in [0.25, 0.3) is 0 Å². The van der Waals surface area contributed by atoms with Gasteiger partial charge in [-0.15, -0.1) is 6.58 Å². The summed E-state index contributed by atoms with van der Waals surface area (Å²) in [7, 11) is 1.69. The molecule has 1 aromatic carbocycles. The van der Waals surface area contributed by atoms with E-state index in [1.807, 2.05) is 11.0 Å². The van der Waals surface area contributed by atoms with Gasteiger partial charge >= 0.3 is 0 Å². The van der Waals surface area contributed by atoms with Crippen LogP contribution >= 0.6 is 0 Å². The second-order valence-corrected chi connectivity index (χ2v) is 7.08. The molecule has 5 nitrogen and oxygen atoms in total. The molecule has 2 aliphatic rings. The van der Waals surface area contributed by atoms with E-state index in [0.29, 0.717) is 18.7 Å². The highest BCUT2D eigenvalue weighted by atomic mass is 19.1. The largest absolute Gasteiger partial charge is 0.341 e. The Morgan fingerprint density at radius 2 is 2.12 bits per heavy atom. The van der Waals surface area contributed by atoms with Gasteiger partial charge < -0.3 is 9.80 Å². The standard InChI is InChI=1S/C20H26FN3O2/c1-3-8-23-9-5-10-24(12-11-23)20(26)17-14-18(25)22(2)19(17)15-6-4-7-16(21)13-15/h3-4,6-7,13,17,19H,1,5,8-12,14H2,2H3. The van der Waals surface area contributed by atoms with Crippen LogP contribution in [0.25, 0.3) is 0 Å². The summed E-state index contributed by atoms with van der Waals surface area (Å²) in [5.74, 6) is -0.880. The van der Waals surface area contributed by atoms with Crippen molar-refractivity contribution in [2.45, 2.75) is 18.9 Å². The summed E-state index contributed by atoms with van der Waals surface area (Å²) >= 11 is 0. The molecule has 26 heavy (non-hydrogen) atoms. The first-order valence-corrected chi connectivity index (χ1v) is 9.14. The summed E-state index contributed by atoms with van der Waals surface area (Å²) < 4.78 is 13.7. The van der Waals surface area contributed by atoms with E-state index in [9.17, 15) is 14.0 Å². The van der Waals surface area contributed by atoms with Gasteiger partial charge in [-0.25, -0.2) is 4.39 Å². The van der Waals surface area contributed by atoms with E-state index in [1.54, 1.807) is 24.1 Å². The number of halogens is 1. The third-order valence-corrected chi connectivity index (χ3v) is 5.38. The van der Waals surface area contributed by atoms with Crippen molar-refractivity contribution in [1.29, 1.82) is 0 Å². The van der Waals surface area contributed by atoms with Gasteiger partial charge in [0, 0.05) is 46.2 Å². The van der Waals surface area contributed by atoms with Gasteiger partial charge in [-0.3, -0.25) is 14.5 Å². The first-order valence-electron chi connectivity index (χ1n) is 9.14. The number of amides is 2. The molecule has 0 bridgehead atoms. The van der Waals surface area contributed by atoms with Crippen LogP contribution in [0.15, 0.2) is 36.9 Å². The lowest BCUT2D eigenvalue weighted by Gasteiger charge is -2.29. The summed E-state index contributed by atoms with van der Waals surface area (Å²) in [5.41, 5.74) is 0.680. The third kappa shape index (κ3) is 3.80. The van der Waals surface area contributed by atoms with Crippen LogP contribution in [0.1, 0.15) is 24.4 Å². The van der Waals surface area contributed by atoms with Crippen molar-refractivity contribution in [1.82, 2.24) is 14.7 Å². The highest BCUT2D eigenvalue weighted by Gasteiger charge is 2.44. The van der Waals surface area contributed by atoms with Gasteiger partial charge in [0.2, 0.25) is 11.8 Å². The van der Waals surface area contributed by atoms with Crippen molar-refractivity contribution < 1.29 is 14.0 Å². The van der Waals surface area contributed by atoms with E-state index in [0.717, 1.165) is 26.1 Å². The van der Waals surface area contributed by atoms with Gasteiger partial charge in [-0.2, -0.15) is 0 Å². The second-order valence-electron chi connectivity index (χ2n) is 7.08. The van der Waals surface area contributed by atoms with E-state index in [-0.39, 0.29) is 24.1 Å². The van der Waals surface area contributed by atoms with Gasteiger partial charge in [0.1, 0.15) is 5.82 Å². The van der Waals surface area contributed by atoms with Gasteiger partial charge in [-0.1, -0.05) is 18.2 Å². The van der Waals surface area contributed by atoms with Crippen LogP contribution in [-0.4, -0.2) is 66.3 Å². The minimum Gasteiger partial charge on any atom is -0.341 e. The molecule has 0 saturated carbocycles. The first-order chi connectivity index (χ1) is 12.5. The monoisotopic (exact) mass is 359 g/mol. The minimum atomic E-state index is -0.458. The average Bonchev–Trinajstić information content (AvgIpc) is 2.78. The molecule has 0 radical (unpaired) electrons. The van der Waals surface area contributed by atoms with Crippen molar-refractivity contribution in [2.24, 2.45) is 5.92 Å². The number of carbonyl (C=O) groups excluding carboxylic acids is 2. The van der Waals surface area contributed by atoms with Crippen molar-refractivity contribution >= 4 is 11.8 Å². The van der Waals surface area contributed by atoms with Crippen LogP contribution in [0.2, 0.25) is 0 Å². The van der Waals surface area contributed by atoms with Gasteiger partial charge in [-0.05, 0) is 24.1 Å². The third-order valence-electron chi connectivity index (χ3n) is 5.38. The van der Waals surface area contributed by atoms with Crippen molar-refractivity contribution in [2.75, 3.05) is 39.8 Å². The molecule has 2 amide bonds. The zero-order valence-electron chi connectivity index (χ0n) is 15.2. The van der Waals surface area contributed by atoms with Crippen molar-refractivity contribution in [3.8, 4) is 0 Å². The lowest BCUT2D eigenvalue weighted by Crippen LogP contribution is -2.40. The Morgan fingerprint density at radius 3 is 2.85 bits per heavy atom. The van der Waals surface area contributed by atoms with E-state index in [4.69, 9.17) is 0 Å². The maximum absolute atomic E-state index is 13.7. The van der Waals surface area contributed by atoms with Crippen LogP contribution < -0.4 is 0 Å². The van der Waals surface area contributed by atoms with E-state index in [1.165, 1.54) is 12.1 Å². The second kappa shape index (κ2) is 7.99. The number of benzene rings is 1. The van der Waals surface area contributed by atoms with Crippen LogP contribution in [0.5, 0.6) is 0 Å². The summed E-state index contributed by atoms with van der Waals surface area (Å²) in [5, 5.41) is 0. The van der Waals surface area contributed by atoms with Gasteiger partial charge in [0.15, 0.2) is 0 Å². The van der Waals surface area contributed by atoms with E-state index in [2.05, 4.69) is 11.5 Å². The molecule has 0 spiro atoms. The molecular weight excluding hydrogens is 333 g/mol. The minimum absolute atomic E-state index is 0.00239. The Kier molecular flexibility index (Phi) is 5.71. The number of hydrogen-bond acceptors (Lipinski definition) is 3. The molecule has 2 atom stereocenters. The first kappa shape index (κ1) is 18.6. The van der Waals surface area contributed by atoms with Crippen LogP contribution in [0.4, 0.5) is 4.39 Å². The summed E-state index contributed by atoms with van der Waals surface area (Å²) in [6.07, 6.45) is 2.96. The molecule has 2 unspecified atom stereocenters. The number of rotatable bonds is 4. The van der Waals surface area contributed by atoms with E-state index >= 15 is 0 Å². The molecule has 2 aliphatic heterocycles. The zero-order chi connectivity index (χ0) is 18.7. The lowest BCUT2D eigenvalue weighted by atomic mass is 9.92. The predicted octanol–water partition coefficient (Wildman–Crippen LogP) is 2.07. The molecule has 6 heteroatoms. The number of hydrogen-bond donors (Lipinski definition) is 0. The summed E-state index contributed by atoms with van der Waals surface area (Å²) in [6.45, 7) is 7.67. The normalized spacial score (nSPS) is 24.6. The smallest absolute Gasteiger partial charge is 0.228 e. The molecule has 0 aromatic heterocycles. The topological polar surface area (TPSA) is 43.9 Å². The molecule has 0 aliphatic carbocycles. The predicted molar refractivity (Wildman–Crippen MR) is 97.9 cm³/mol. The number of nitrogens with zero attached hydrogens (tertiary/aromatic N) is 3. The maximum Gasteiger partial charge on any atom is 0.228 e. The molecule has 3 rings (SSSR count). The molecule has 1 aromatic rings. The Hall–Kier alpha value is -2.21. The highest BCUT2D eigenvalue weighted by Crippen LogP contribution is 2.38. The van der Waals surface area contributed by atoms with Crippen LogP contribution in [-0.2, 0) is 9.59 Å². The quantitative estimate of drug-likeness (QED) is 0.773. The fraction of sp³-hybridized carbons (Fsp3) is 0.500. The van der Waals surface area contributed by atoms with E-state index < -0.39 is 12.0 Å². The Morgan fingerprint density at radius 1 is 1.31 bits per heavy atom. The number of carbonyl (C=O) groups is 2. The summed E-state index contributed by atoms with van der Waals surface area (Å²) in [6, 6.07) is 5.81. The Balaban J connectivity index is 1.78. The van der Waals surface area contributed by atoms with Crippen molar-refractivity contribution in [3.05, 3.63) is 48.3 Å². The SMILES string of the molecule is C=CCN1CCCN(C(=O)C2CC(=O)N(C)C2c2cccc(F)c2)CC1. The molecular formula is C20H26FN3O2. The number of likely N-dealkylation sites (tertiary alicyclic amines) is 1. The zero-order valence-corrected chi connectivity index (χ0v) is 15.2. The fourth-order valence-corrected chi connectivity index (χ4v) is 4.03. The fourth-order valence-electron chi connectivity index (χ4n) is 4.03. The molecule has 2 fully saturated rings.